The first-order valence-electron chi connectivity index (χ1n) is 3.59. The molecule has 1 saturated heterocycles. The zero-order valence-electron chi connectivity index (χ0n) is 6.31. The van der Waals surface area contributed by atoms with Gasteiger partial charge >= 0.3 is 0 Å². The molecule has 1 atom stereocenters. The molecule has 10 heavy (non-hydrogen) atoms. The number of rotatable bonds is 2. The maximum Gasteiger partial charge on any atom is 0.220 e. The maximum absolute atomic E-state index is 10.7. The summed E-state index contributed by atoms with van der Waals surface area (Å²) in [7, 11) is 0. The average Bonchev–Trinajstić information content (AvgIpc) is 2.13. The van der Waals surface area contributed by atoms with Crippen molar-refractivity contribution in [2.24, 2.45) is 5.92 Å². The van der Waals surface area contributed by atoms with Crippen LogP contribution in [0.25, 0.3) is 0 Å². The van der Waals surface area contributed by atoms with Crippen LogP contribution in [-0.2, 0) is 4.79 Å². The highest BCUT2D eigenvalue weighted by atomic mass is 16.1. The van der Waals surface area contributed by atoms with Crippen LogP contribution in [0.15, 0.2) is 12.2 Å². The summed E-state index contributed by atoms with van der Waals surface area (Å²) in [5.74, 6) is 0.691. The molecular weight excluding hydrogens is 126 g/mol. The number of nitrogens with one attached hydrogen (secondary N) is 1. The lowest BCUT2D eigenvalue weighted by molar-refractivity contribution is -0.119. The van der Waals surface area contributed by atoms with Crippen molar-refractivity contribution in [3.05, 3.63) is 12.2 Å². The minimum Gasteiger partial charge on any atom is -0.356 e. The molecule has 0 saturated carbocycles. The fourth-order valence-corrected chi connectivity index (χ4v) is 1.30. The van der Waals surface area contributed by atoms with Gasteiger partial charge in [0.2, 0.25) is 5.91 Å². The van der Waals surface area contributed by atoms with Crippen molar-refractivity contribution >= 4 is 5.91 Å². The van der Waals surface area contributed by atoms with Crippen molar-refractivity contribution in [3.63, 3.8) is 0 Å². The third-order valence-corrected chi connectivity index (χ3v) is 1.70. The second-order valence-electron chi connectivity index (χ2n) is 3.04. The van der Waals surface area contributed by atoms with Gasteiger partial charge in [-0.05, 0) is 19.3 Å². The molecule has 1 fully saturated rings. The van der Waals surface area contributed by atoms with Crippen LogP contribution in [0, 0.1) is 5.92 Å². The topological polar surface area (TPSA) is 29.1 Å². The second kappa shape index (κ2) is 2.86. The lowest BCUT2D eigenvalue weighted by atomic mass is 10.0. The van der Waals surface area contributed by atoms with Gasteiger partial charge in [0.1, 0.15) is 0 Å². The van der Waals surface area contributed by atoms with Gasteiger partial charge in [-0.25, -0.2) is 0 Å². The Balaban J connectivity index is 2.31. The molecule has 0 aromatic carbocycles. The van der Waals surface area contributed by atoms with E-state index in [-0.39, 0.29) is 5.91 Å². The Kier molecular flexibility index (Phi) is 2.10. The Morgan fingerprint density at radius 1 is 1.90 bits per heavy atom. The van der Waals surface area contributed by atoms with Crippen LogP contribution in [0.5, 0.6) is 0 Å². The van der Waals surface area contributed by atoms with Crippen molar-refractivity contribution in [2.45, 2.75) is 19.8 Å². The van der Waals surface area contributed by atoms with Gasteiger partial charge in [0.25, 0.3) is 0 Å². The van der Waals surface area contributed by atoms with Crippen molar-refractivity contribution in [1.82, 2.24) is 5.32 Å². The van der Waals surface area contributed by atoms with E-state index in [2.05, 4.69) is 11.9 Å². The predicted molar refractivity (Wildman–Crippen MR) is 40.5 cm³/mol. The summed E-state index contributed by atoms with van der Waals surface area (Å²) < 4.78 is 0. The third-order valence-electron chi connectivity index (χ3n) is 1.70. The van der Waals surface area contributed by atoms with Gasteiger partial charge in [0, 0.05) is 13.0 Å². The molecule has 1 amide bonds. The first-order chi connectivity index (χ1) is 4.68. The Bertz CT molecular complexity index is 163. The molecule has 0 spiro atoms. The number of carbonyl (C=O) groups excluding carboxylic acids is 1. The molecular formula is C8H13NO. The highest BCUT2D eigenvalue weighted by Crippen LogP contribution is 2.16. The quantitative estimate of drug-likeness (QED) is 0.570. The maximum atomic E-state index is 10.7. The summed E-state index contributed by atoms with van der Waals surface area (Å²) in [6, 6.07) is 0. The molecule has 0 aliphatic carbocycles. The molecule has 2 heteroatoms. The van der Waals surface area contributed by atoms with Gasteiger partial charge in [-0.1, -0.05) is 5.57 Å². The predicted octanol–water partition coefficient (Wildman–Crippen LogP) is 1.09. The molecule has 0 bridgehead atoms. The molecule has 0 aromatic rings. The largest absolute Gasteiger partial charge is 0.356 e. The molecule has 1 rings (SSSR count). The van der Waals surface area contributed by atoms with Crippen LogP contribution in [0.2, 0.25) is 0 Å². The van der Waals surface area contributed by atoms with E-state index in [1.54, 1.807) is 0 Å². The fourth-order valence-electron chi connectivity index (χ4n) is 1.30. The Morgan fingerprint density at radius 3 is 3.00 bits per heavy atom. The van der Waals surface area contributed by atoms with Gasteiger partial charge in [0.05, 0.1) is 0 Å². The van der Waals surface area contributed by atoms with Crippen LogP contribution >= 0.6 is 0 Å². The first-order valence-corrected chi connectivity index (χ1v) is 3.59. The van der Waals surface area contributed by atoms with Crippen molar-refractivity contribution < 1.29 is 4.79 Å². The van der Waals surface area contributed by atoms with E-state index in [0.29, 0.717) is 12.3 Å². The monoisotopic (exact) mass is 139 g/mol. The summed E-state index contributed by atoms with van der Waals surface area (Å²) in [6.07, 6.45) is 1.67. The van der Waals surface area contributed by atoms with Crippen LogP contribution in [0.4, 0.5) is 0 Å². The molecule has 2 nitrogen and oxygen atoms in total. The van der Waals surface area contributed by atoms with E-state index in [0.717, 1.165) is 13.0 Å². The van der Waals surface area contributed by atoms with Gasteiger partial charge in [-0.3, -0.25) is 4.79 Å². The molecule has 1 aliphatic heterocycles. The van der Waals surface area contributed by atoms with Crippen molar-refractivity contribution in [3.8, 4) is 0 Å². The number of amides is 1. The lowest BCUT2D eigenvalue weighted by Gasteiger charge is -2.04. The Labute approximate surface area is 61.3 Å². The van der Waals surface area contributed by atoms with Crippen LogP contribution < -0.4 is 5.32 Å². The SMILES string of the molecule is C=C(C)C[C@H]1CNC(=O)C1. The lowest BCUT2D eigenvalue weighted by Crippen LogP contribution is -2.13. The van der Waals surface area contributed by atoms with Crippen molar-refractivity contribution in [1.29, 1.82) is 0 Å². The molecule has 1 aliphatic rings. The smallest absolute Gasteiger partial charge is 0.220 e. The van der Waals surface area contributed by atoms with Gasteiger partial charge in [-0.15, -0.1) is 6.58 Å². The number of hydrogen-bond donors (Lipinski definition) is 1. The summed E-state index contributed by atoms with van der Waals surface area (Å²) in [5, 5.41) is 2.79. The second-order valence-corrected chi connectivity index (χ2v) is 3.04. The van der Waals surface area contributed by atoms with Crippen molar-refractivity contribution in [2.75, 3.05) is 6.54 Å². The number of carbonyl (C=O) groups is 1. The Morgan fingerprint density at radius 2 is 2.60 bits per heavy atom. The number of allylic oxidation sites excluding steroid dienone is 1. The number of hydrogen-bond acceptors (Lipinski definition) is 1. The van der Waals surface area contributed by atoms with Gasteiger partial charge < -0.3 is 5.32 Å². The summed E-state index contributed by atoms with van der Waals surface area (Å²) in [6.45, 7) is 6.65. The van der Waals surface area contributed by atoms with E-state index in [1.165, 1.54) is 5.57 Å². The van der Waals surface area contributed by atoms with E-state index >= 15 is 0 Å². The van der Waals surface area contributed by atoms with E-state index in [4.69, 9.17) is 0 Å². The average molecular weight is 139 g/mol. The zero-order chi connectivity index (χ0) is 7.56. The molecule has 0 radical (unpaired) electrons. The summed E-state index contributed by atoms with van der Waals surface area (Å²) in [5.41, 5.74) is 1.17. The molecule has 1 N–H and O–H groups in total. The Hall–Kier alpha value is -0.790. The highest BCUT2D eigenvalue weighted by molar-refractivity contribution is 5.78. The standard InChI is InChI=1S/C8H13NO/c1-6(2)3-7-4-8(10)9-5-7/h7H,1,3-5H2,2H3,(H,9,10)/t7-/m1/s1. The van der Waals surface area contributed by atoms with Crippen LogP contribution in [0.3, 0.4) is 0 Å². The summed E-state index contributed by atoms with van der Waals surface area (Å²) in [4.78, 5) is 10.7. The van der Waals surface area contributed by atoms with Gasteiger partial charge in [-0.2, -0.15) is 0 Å². The third kappa shape index (κ3) is 1.87. The van der Waals surface area contributed by atoms with Crippen LogP contribution in [-0.4, -0.2) is 12.5 Å². The zero-order valence-corrected chi connectivity index (χ0v) is 6.31. The highest BCUT2D eigenvalue weighted by Gasteiger charge is 2.20. The first kappa shape index (κ1) is 7.32. The molecule has 56 valence electrons. The van der Waals surface area contributed by atoms with E-state index in [1.807, 2.05) is 6.92 Å². The molecule has 0 unspecified atom stereocenters. The van der Waals surface area contributed by atoms with E-state index < -0.39 is 0 Å². The summed E-state index contributed by atoms with van der Waals surface area (Å²) >= 11 is 0. The van der Waals surface area contributed by atoms with E-state index in [9.17, 15) is 4.79 Å². The fraction of sp³-hybridized carbons (Fsp3) is 0.625. The minimum atomic E-state index is 0.186. The molecule has 0 aromatic heterocycles. The molecule has 1 heterocycles. The van der Waals surface area contributed by atoms with Gasteiger partial charge in [0.15, 0.2) is 0 Å². The normalized spacial score (nSPS) is 24.5. The van der Waals surface area contributed by atoms with Crippen LogP contribution in [0.1, 0.15) is 19.8 Å². The minimum absolute atomic E-state index is 0.186.